The van der Waals surface area contributed by atoms with Crippen molar-refractivity contribution in [3.8, 4) is 0 Å². The average molecular weight is 614 g/mol. The van der Waals surface area contributed by atoms with Crippen LogP contribution in [0.15, 0.2) is 134 Å². The van der Waals surface area contributed by atoms with E-state index in [2.05, 4.69) is 70.7 Å². The summed E-state index contributed by atoms with van der Waals surface area (Å²) in [6.45, 7) is 4.46. The van der Waals surface area contributed by atoms with E-state index in [1.165, 1.54) is 11.1 Å². The molecule has 6 rings (SSSR count). The van der Waals surface area contributed by atoms with Crippen molar-refractivity contribution in [3.05, 3.63) is 167 Å². The number of carbonyl (C=O) groups is 1. The van der Waals surface area contributed by atoms with E-state index in [4.69, 9.17) is 9.47 Å². The van der Waals surface area contributed by atoms with Gasteiger partial charge in [-0.15, -0.1) is 0 Å². The highest BCUT2D eigenvalue weighted by molar-refractivity contribution is 6.04. The highest BCUT2D eigenvalue weighted by atomic mass is 16.7. The molecule has 0 bridgehead atoms. The maximum Gasteiger partial charge on any atom is 0.257 e. The number of nitrogens with zero attached hydrogens (tertiary/aromatic N) is 2. The van der Waals surface area contributed by atoms with Crippen molar-refractivity contribution in [2.75, 3.05) is 11.9 Å². The largest absolute Gasteiger partial charge is 0.392 e. The summed E-state index contributed by atoms with van der Waals surface area (Å²) in [7, 11) is 0. The monoisotopic (exact) mass is 613 g/mol. The van der Waals surface area contributed by atoms with Gasteiger partial charge in [-0.2, -0.15) is 0 Å². The van der Waals surface area contributed by atoms with Crippen LogP contribution in [0.4, 0.5) is 5.69 Å². The molecule has 2 N–H and O–H groups in total. The third kappa shape index (κ3) is 7.94. The van der Waals surface area contributed by atoms with Crippen molar-refractivity contribution in [2.24, 2.45) is 5.92 Å². The second kappa shape index (κ2) is 15.1. The maximum absolute atomic E-state index is 12.7. The highest BCUT2D eigenvalue weighted by Crippen LogP contribution is 2.42. The molecule has 1 amide bonds. The zero-order chi connectivity index (χ0) is 31.7. The summed E-state index contributed by atoms with van der Waals surface area (Å²) in [6, 6.07) is 40.1. The van der Waals surface area contributed by atoms with Crippen molar-refractivity contribution in [1.29, 1.82) is 0 Å². The number of pyridine rings is 1. The van der Waals surface area contributed by atoms with Gasteiger partial charge in [-0.05, 0) is 46.5 Å². The molecule has 4 atom stereocenters. The number of amides is 1. The van der Waals surface area contributed by atoms with Crippen molar-refractivity contribution < 1.29 is 19.4 Å². The number of benzene rings is 4. The Morgan fingerprint density at radius 3 is 1.98 bits per heavy atom. The van der Waals surface area contributed by atoms with Crippen LogP contribution in [0.25, 0.3) is 0 Å². The Morgan fingerprint density at radius 2 is 1.39 bits per heavy atom. The summed E-state index contributed by atoms with van der Waals surface area (Å²) in [5, 5.41) is 12.6. The molecule has 234 valence electrons. The quantitative estimate of drug-likeness (QED) is 0.162. The summed E-state index contributed by atoms with van der Waals surface area (Å²) in [6.07, 6.45) is 2.21. The number of ether oxygens (including phenoxy) is 2. The summed E-state index contributed by atoms with van der Waals surface area (Å²) < 4.78 is 13.5. The van der Waals surface area contributed by atoms with Crippen LogP contribution in [0.5, 0.6) is 0 Å². The lowest BCUT2D eigenvalue weighted by Gasteiger charge is -2.43. The number of anilines is 1. The first kappa shape index (κ1) is 31.3. The predicted octanol–water partition coefficient (Wildman–Crippen LogP) is 7.32. The molecule has 5 aromatic rings. The van der Waals surface area contributed by atoms with Crippen LogP contribution in [-0.2, 0) is 29.2 Å². The Hall–Kier alpha value is -4.66. The molecule has 1 aliphatic heterocycles. The Bertz CT molecular complexity index is 1620. The van der Waals surface area contributed by atoms with Crippen LogP contribution in [-0.4, -0.2) is 33.5 Å². The van der Waals surface area contributed by atoms with E-state index < -0.39 is 6.29 Å². The first-order chi connectivity index (χ1) is 22.6. The van der Waals surface area contributed by atoms with E-state index in [-0.39, 0.29) is 30.6 Å². The zero-order valence-corrected chi connectivity index (χ0v) is 25.9. The zero-order valence-electron chi connectivity index (χ0n) is 25.9. The van der Waals surface area contributed by atoms with E-state index in [1.807, 2.05) is 60.7 Å². The van der Waals surface area contributed by atoms with Gasteiger partial charge in [0.25, 0.3) is 5.91 Å². The SMILES string of the molecule is CC1C(CN(Cc2ccccc2)Cc2ccccc2)OC(c2ccc(NC(=O)c3cccnc3)cc2)OC1c1ccc(CO)cc1. The number of aliphatic hydroxyl groups is 1. The minimum atomic E-state index is -0.609. The van der Waals surface area contributed by atoms with Gasteiger partial charge in [-0.25, -0.2) is 0 Å². The molecule has 1 aromatic heterocycles. The van der Waals surface area contributed by atoms with Gasteiger partial charge >= 0.3 is 0 Å². The van der Waals surface area contributed by atoms with Crippen LogP contribution >= 0.6 is 0 Å². The van der Waals surface area contributed by atoms with E-state index in [0.29, 0.717) is 17.8 Å². The highest BCUT2D eigenvalue weighted by Gasteiger charge is 2.39. The van der Waals surface area contributed by atoms with Gasteiger partial charge in [0.1, 0.15) is 0 Å². The summed E-state index contributed by atoms with van der Waals surface area (Å²) >= 11 is 0. The van der Waals surface area contributed by atoms with Crippen molar-refractivity contribution in [1.82, 2.24) is 9.88 Å². The number of hydrogen-bond donors (Lipinski definition) is 2. The fourth-order valence-electron chi connectivity index (χ4n) is 5.87. The van der Waals surface area contributed by atoms with Crippen LogP contribution in [0.1, 0.15) is 57.5 Å². The number of aromatic nitrogens is 1. The lowest BCUT2D eigenvalue weighted by molar-refractivity contribution is -0.276. The summed E-state index contributed by atoms with van der Waals surface area (Å²) in [5.41, 5.74) is 6.42. The molecule has 0 aliphatic carbocycles. The van der Waals surface area contributed by atoms with E-state index in [1.54, 1.807) is 24.5 Å². The molecule has 46 heavy (non-hydrogen) atoms. The van der Waals surface area contributed by atoms with Gasteiger partial charge in [-0.1, -0.05) is 104 Å². The summed E-state index contributed by atoms with van der Waals surface area (Å²) in [5.74, 6) is -0.175. The molecule has 2 heterocycles. The summed E-state index contributed by atoms with van der Waals surface area (Å²) in [4.78, 5) is 19.1. The molecule has 7 heteroatoms. The fraction of sp³-hybridized carbons (Fsp3) is 0.231. The van der Waals surface area contributed by atoms with Crippen LogP contribution in [0.2, 0.25) is 0 Å². The second-order valence-corrected chi connectivity index (χ2v) is 11.8. The molecular formula is C39H39N3O4. The number of rotatable bonds is 11. The molecule has 4 aromatic carbocycles. The third-order valence-electron chi connectivity index (χ3n) is 8.42. The predicted molar refractivity (Wildman–Crippen MR) is 179 cm³/mol. The van der Waals surface area contributed by atoms with Crippen molar-refractivity contribution >= 4 is 11.6 Å². The molecule has 7 nitrogen and oxygen atoms in total. The van der Waals surface area contributed by atoms with Crippen molar-refractivity contribution in [3.63, 3.8) is 0 Å². The van der Waals surface area contributed by atoms with Gasteiger partial charge in [0, 0.05) is 49.2 Å². The molecule has 1 aliphatic rings. The van der Waals surface area contributed by atoms with Gasteiger partial charge in [-0.3, -0.25) is 14.7 Å². The minimum absolute atomic E-state index is 0.00663. The topological polar surface area (TPSA) is 83.9 Å². The van der Waals surface area contributed by atoms with Gasteiger partial charge < -0.3 is 19.9 Å². The maximum atomic E-state index is 12.7. The number of carbonyl (C=O) groups excluding carboxylic acids is 1. The van der Waals surface area contributed by atoms with Crippen LogP contribution in [0, 0.1) is 5.92 Å². The molecule has 4 unspecified atom stereocenters. The lowest BCUT2D eigenvalue weighted by Crippen LogP contribution is -2.44. The Kier molecular flexibility index (Phi) is 10.3. The average Bonchev–Trinajstić information content (AvgIpc) is 3.11. The number of hydrogen-bond acceptors (Lipinski definition) is 6. The van der Waals surface area contributed by atoms with E-state index >= 15 is 0 Å². The molecule has 0 radical (unpaired) electrons. The smallest absolute Gasteiger partial charge is 0.257 e. The normalized spacial score (nSPS) is 19.5. The first-order valence-electron chi connectivity index (χ1n) is 15.7. The minimum Gasteiger partial charge on any atom is -0.392 e. The third-order valence-corrected chi connectivity index (χ3v) is 8.42. The lowest BCUT2D eigenvalue weighted by atomic mass is 9.89. The van der Waals surface area contributed by atoms with Crippen LogP contribution in [0.3, 0.4) is 0 Å². The first-order valence-corrected chi connectivity index (χ1v) is 15.7. The Balaban J connectivity index is 1.25. The van der Waals surface area contributed by atoms with Crippen LogP contribution < -0.4 is 5.32 Å². The van der Waals surface area contributed by atoms with E-state index in [0.717, 1.165) is 29.8 Å². The molecule has 0 spiro atoms. The standard InChI is InChI=1S/C39H39N3O4/c1-28-36(26-42(24-29-9-4-2-5-10-29)25-30-11-6-3-7-12-30)45-39(46-37(28)32-16-14-31(27-43)15-17-32)33-18-20-35(21-19-33)41-38(44)34-13-8-22-40-23-34/h2-23,28,36-37,39,43H,24-27H2,1H3,(H,41,44). The molecule has 0 saturated carbocycles. The van der Waals surface area contributed by atoms with Crippen molar-refractivity contribution in [2.45, 2.75) is 45.1 Å². The fourth-order valence-corrected chi connectivity index (χ4v) is 5.87. The van der Waals surface area contributed by atoms with Gasteiger partial charge in [0.2, 0.25) is 0 Å². The number of aliphatic hydroxyl groups excluding tert-OH is 1. The van der Waals surface area contributed by atoms with E-state index in [9.17, 15) is 9.90 Å². The second-order valence-electron chi connectivity index (χ2n) is 11.8. The number of nitrogens with one attached hydrogen (secondary N) is 1. The molecular weight excluding hydrogens is 574 g/mol. The molecule has 1 fully saturated rings. The Morgan fingerprint density at radius 1 is 0.761 bits per heavy atom. The Labute approximate surface area is 270 Å². The van der Waals surface area contributed by atoms with Gasteiger partial charge in [0.15, 0.2) is 6.29 Å². The van der Waals surface area contributed by atoms with Gasteiger partial charge in [0.05, 0.1) is 24.4 Å². The molecule has 1 saturated heterocycles.